The maximum absolute atomic E-state index is 13.3. The summed E-state index contributed by atoms with van der Waals surface area (Å²) in [6.07, 6.45) is -4.66. The van der Waals surface area contributed by atoms with E-state index in [0.29, 0.717) is 10.6 Å². The number of amidine groups is 1. The Morgan fingerprint density at radius 3 is 2.47 bits per heavy atom. The summed E-state index contributed by atoms with van der Waals surface area (Å²) in [6.45, 7) is 0. The molecular weight excluding hydrogens is 508 g/mol. The lowest BCUT2D eigenvalue weighted by Gasteiger charge is -2.26. The largest absolute Gasteiger partial charge is 0.416 e. The number of hydrogen-bond donors (Lipinski definition) is 0. The number of nitrogens with zero attached hydrogens (tertiary/aromatic N) is 2. The molecule has 4 rings (SSSR count). The van der Waals surface area contributed by atoms with Crippen LogP contribution in [0.25, 0.3) is 0 Å². The fourth-order valence-corrected chi connectivity index (χ4v) is 7.90. The standard InChI is InChI=1S/C20H15Cl2F3N2O3S2/c21-13-4-1-11(2-5-13)7-18(28)26-19-27(16-9-32(29,30)10-17(16)31-19)15-8-12(20(23,24)25)3-6-14(15)22/h1-6,8,16-17H,7,9-10H2. The molecule has 32 heavy (non-hydrogen) atoms. The number of carbonyl (C=O) groups is 1. The van der Waals surface area contributed by atoms with Crippen LogP contribution in [-0.2, 0) is 27.2 Å². The number of thioether (sulfide) groups is 1. The average molecular weight is 523 g/mol. The minimum atomic E-state index is -4.62. The molecule has 2 unspecified atom stereocenters. The number of sulfone groups is 1. The van der Waals surface area contributed by atoms with E-state index in [0.717, 1.165) is 30.0 Å². The van der Waals surface area contributed by atoms with Gasteiger partial charge in [-0.15, -0.1) is 0 Å². The first-order valence-electron chi connectivity index (χ1n) is 9.32. The number of halogens is 5. The molecule has 2 aliphatic heterocycles. The summed E-state index contributed by atoms with van der Waals surface area (Å²) in [6, 6.07) is 8.74. The third-order valence-corrected chi connectivity index (χ3v) is 8.87. The lowest BCUT2D eigenvalue weighted by atomic mass is 10.1. The van der Waals surface area contributed by atoms with E-state index in [9.17, 15) is 26.4 Å². The molecule has 5 nitrogen and oxygen atoms in total. The number of hydrogen-bond acceptors (Lipinski definition) is 4. The van der Waals surface area contributed by atoms with E-state index in [1.54, 1.807) is 24.3 Å². The van der Waals surface area contributed by atoms with Gasteiger partial charge in [-0.25, -0.2) is 8.42 Å². The van der Waals surface area contributed by atoms with Gasteiger partial charge >= 0.3 is 6.18 Å². The summed E-state index contributed by atoms with van der Waals surface area (Å²) < 4.78 is 64.2. The second-order valence-corrected chi connectivity index (χ2v) is 11.6. The molecule has 2 aliphatic rings. The predicted octanol–water partition coefficient (Wildman–Crippen LogP) is 4.86. The van der Waals surface area contributed by atoms with Crippen LogP contribution in [0.2, 0.25) is 10.0 Å². The summed E-state index contributed by atoms with van der Waals surface area (Å²) >= 11 is 13.1. The van der Waals surface area contributed by atoms with Gasteiger partial charge in [-0.3, -0.25) is 4.79 Å². The van der Waals surface area contributed by atoms with Gasteiger partial charge in [0, 0.05) is 10.3 Å². The molecule has 2 heterocycles. The maximum atomic E-state index is 13.3. The topological polar surface area (TPSA) is 66.8 Å². The van der Waals surface area contributed by atoms with Crippen molar-refractivity contribution in [3.8, 4) is 0 Å². The van der Waals surface area contributed by atoms with E-state index in [-0.39, 0.29) is 33.8 Å². The van der Waals surface area contributed by atoms with Crippen molar-refractivity contribution < 1.29 is 26.4 Å². The third kappa shape index (κ3) is 4.93. The predicted molar refractivity (Wildman–Crippen MR) is 120 cm³/mol. The number of amides is 1. The van der Waals surface area contributed by atoms with E-state index in [4.69, 9.17) is 23.2 Å². The number of carbonyl (C=O) groups excluding carboxylic acids is 1. The molecule has 12 heteroatoms. The van der Waals surface area contributed by atoms with Gasteiger partial charge in [-0.2, -0.15) is 18.2 Å². The SMILES string of the molecule is O=C(Cc1ccc(Cl)cc1)N=C1SC2CS(=O)(=O)CC2N1c1cc(C(F)(F)F)ccc1Cl. The number of alkyl halides is 3. The summed E-state index contributed by atoms with van der Waals surface area (Å²) in [5, 5.41) is 0.183. The Morgan fingerprint density at radius 1 is 1.12 bits per heavy atom. The molecule has 0 spiro atoms. The van der Waals surface area contributed by atoms with E-state index in [2.05, 4.69) is 4.99 Å². The minimum absolute atomic E-state index is 0.00129. The van der Waals surface area contributed by atoms with Crippen LogP contribution in [-0.4, -0.2) is 42.3 Å². The Labute approximate surface area is 196 Å². The lowest BCUT2D eigenvalue weighted by molar-refractivity contribution is -0.137. The van der Waals surface area contributed by atoms with Crippen molar-refractivity contribution in [2.45, 2.75) is 23.9 Å². The Bertz CT molecular complexity index is 1200. The molecular formula is C20H15Cl2F3N2O3S2. The van der Waals surface area contributed by atoms with Gasteiger partial charge in [0.15, 0.2) is 15.0 Å². The number of aliphatic imine (C=N–C) groups is 1. The van der Waals surface area contributed by atoms with Gasteiger partial charge in [0.1, 0.15) is 0 Å². The molecule has 0 radical (unpaired) electrons. The first-order valence-corrected chi connectivity index (χ1v) is 12.8. The van der Waals surface area contributed by atoms with Crippen LogP contribution in [0, 0.1) is 0 Å². The summed E-state index contributed by atoms with van der Waals surface area (Å²) in [5.41, 5.74) is -0.298. The van der Waals surface area contributed by atoms with Gasteiger partial charge in [0.25, 0.3) is 5.91 Å². The van der Waals surface area contributed by atoms with Crippen molar-refractivity contribution in [1.82, 2.24) is 0 Å². The van der Waals surface area contributed by atoms with Crippen molar-refractivity contribution in [1.29, 1.82) is 0 Å². The molecule has 170 valence electrons. The monoisotopic (exact) mass is 522 g/mol. The molecule has 0 bridgehead atoms. The van der Waals surface area contributed by atoms with Crippen molar-refractivity contribution in [3.05, 3.63) is 63.6 Å². The quantitative estimate of drug-likeness (QED) is 0.576. The zero-order chi connectivity index (χ0) is 23.3. The zero-order valence-electron chi connectivity index (χ0n) is 16.1. The molecule has 2 aromatic rings. The van der Waals surface area contributed by atoms with Crippen LogP contribution in [0.1, 0.15) is 11.1 Å². The smallest absolute Gasteiger partial charge is 0.314 e. The highest BCUT2D eigenvalue weighted by molar-refractivity contribution is 8.16. The van der Waals surface area contributed by atoms with Crippen LogP contribution in [0.3, 0.4) is 0 Å². The molecule has 2 saturated heterocycles. The van der Waals surface area contributed by atoms with Gasteiger partial charge in [-0.1, -0.05) is 47.1 Å². The Morgan fingerprint density at radius 2 is 1.81 bits per heavy atom. The Hall–Kier alpha value is -1.75. The summed E-state index contributed by atoms with van der Waals surface area (Å²) in [5.74, 6) is -0.938. The van der Waals surface area contributed by atoms with Crippen LogP contribution < -0.4 is 4.90 Å². The molecule has 0 saturated carbocycles. The van der Waals surface area contributed by atoms with Crippen LogP contribution in [0.5, 0.6) is 0 Å². The number of anilines is 1. The highest BCUT2D eigenvalue weighted by Gasteiger charge is 2.50. The maximum Gasteiger partial charge on any atom is 0.416 e. The van der Waals surface area contributed by atoms with Gasteiger partial charge in [-0.05, 0) is 35.9 Å². The first kappa shape index (κ1) is 23.4. The molecule has 2 atom stereocenters. The molecule has 2 aromatic carbocycles. The number of rotatable bonds is 3. The molecule has 1 amide bonds. The van der Waals surface area contributed by atoms with Gasteiger partial charge < -0.3 is 4.90 Å². The fourth-order valence-electron chi connectivity index (χ4n) is 3.64. The van der Waals surface area contributed by atoms with Crippen LogP contribution >= 0.6 is 35.0 Å². The second kappa shape index (κ2) is 8.55. The van der Waals surface area contributed by atoms with E-state index in [1.807, 2.05) is 0 Å². The molecule has 0 aromatic heterocycles. The molecule has 0 aliphatic carbocycles. The van der Waals surface area contributed by atoms with Crippen molar-refractivity contribution in [2.24, 2.45) is 4.99 Å². The highest BCUT2D eigenvalue weighted by Crippen LogP contribution is 2.44. The van der Waals surface area contributed by atoms with E-state index < -0.39 is 38.8 Å². The Balaban J connectivity index is 1.71. The van der Waals surface area contributed by atoms with Crippen LogP contribution in [0.4, 0.5) is 18.9 Å². The van der Waals surface area contributed by atoms with Crippen molar-refractivity contribution in [3.63, 3.8) is 0 Å². The van der Waals surface area contributed by atoms with Crippen LogP contribution in [0.15, 0.2) is 47.5 Å². The van der Waals surface area contributed by atoms with Gasteiger partial charge in [0.05, 0.1) is 40.2 Å². The average Bonchev–Trinajstić information content (AvgIpc) is 3.14. The second-order valence-electron chi connectivity index (χ2n) is 7.43. The fraction of sp³-hybridized carbons (Fsp3) is 0.300. The summed E-state index contributed by atoms with van der Waals surface area (Å²) in [4.78, 5) is 18.1. The minimum Gasteiger partial charge on any atom is -0.314 e. The highest BCUT2D eigenvalue weighted by atomic mass is 35.5. The number of benzene rings is 2. The molecule has 2 fully saturated rings. The van der Waals surface area contributed by atoms with E-state index >= 15 is 0 Å². The van der Waals surface area contributed by atoms with Crippen molar-refractivity contribution in [2.75, 3.05) is 16.4 Å². The zero-order valence-corrected chi connectivity index (χ0v) is 19.3. The first-order chi connectivity index (χ1) is 14.9. The van der Waals surface area contributed by atoms with Crippen molar-refractivity contribution >= 4 is 61.6 Å². The normalized spacial score (nSPS) is 23.5. The third-order valence-electron chi connectivity index (χ3n) is 5.09. The van der Waals surface area contributed by atoms with Gasteiger partial charge in [0.2, 0.25) is 0 Å². The Kier molecular flexibility index (Phi) is 6.26. The summed E-state index contributed by atoms with van der Waals surface area (Å²) in [7, 11) is -3.38. The van der Waals surface area contributed by atoms with E-state index in [1.165, 1.54) is 4.90 Å². The molecule has 0 N–H and O–H groups in total. The lowest BCUT2D eigenvalue weighted by Crippen LogP contribution is -2.38. The number of fused-ring (bicyclic) bond motifs is 1.